The zero-order valence-corrected chi connectivity index (χ0v) is 20.3. The van der Waals surface area contributed by atoms with Gasteiger partial charge < -0.3 is 9.84 Å². The second-order valence-corrected chi connectivity index (χ2v) is 10.5. The number of nitrogens with zero attached hydrogens (tertiary/aromatic N) is 3. The van der Waals surface area contributed by atoms with Crippen LogP contribution in [0.1, 0.15) is 31.4 Å². The smallest absolute Gasteiger partial charge is 0.427 e. The van der Waals surface area contributed by atoms with Gasteiger partial charge in [0.25, 0.3) is 10.0 Å². The van der Waals surface area contributed by atoms with E-state index < -0.39 is 38.5 Å². The van der Waals surface area contributed by atoms with Gasteiger partial charge in [-0.2, -0.15) is 0 Å². The molecule has 8 nitrogen and oxygen atoms in total. The summed E-state index contributed by atoms with van der Waals surface area (Å²) in [5.74, 6) is -3.53. The quantitative estimate of drug-likeness (QED) is 0.470. The number of carbonyl (C=O) groups is 1. The average molecular weight is 524 g/mol. The summed E-state index contributed by atoms with van der Waals surface area (Å²) in [7, 11) is -5.11. The van der Waals surface area contributed by atoms with Crippen molar-refractivity contribution in [3.05, 3.63) is 70.6 Å². The molecular weight excluding hydrogens is 500 g/mol. The molecule has 1 amide bonds. The maximum atomic E-state index is 14.8. The first-order chi connectivity index (χ1) is 16.7. The fourth-order valence-electron chi connectivity index (χ4n) is 4.09. The molecule has 0 saturated carbocycles. The molecule has 2 heterocycles. The summed E-state index contributed by atoms with van der Waals surface area (Å²) in [6, 6.07) is 11.8. The standard InChI is InChI=1S/C23H23F2N3O5S2/c1-15(16-5-3-2-4-6-16)27-9-7-17(8-10-27)33-18-11-19(24)22(20(25)12-18)35(31,32)28(23(29)30)21-13-34-14-26-21/h2-6,11-15,17H,7-10H2,1H3,(H,29,30)/t15-/m1/s1. The molecule has 1 saturated heterocycles. The lowest BCUT2D eigenvalue weighted by Crippen LogP contribution is -2.39. The fourth-order valence-corrected chi connectivity index (χ4v) is 6.02. The Bertz CT molecular complexity index is 1260. The number of hydrogen-bond donors (Lipinski definition) is 1. The zero-order valence-electron chi connectivity index (χ0n) is 18.7. The Morgan fingerprint density at radius 2 is 1.83 bits per heavy atom. The zero-order chi connectivity index (χ0) is 25.2. The van der Waals surface area contributed by atoms with Gasteiger partial charge in [0.1, 0.15) is 23.5 Å². The van der Waals surface area contributed by atoms with E-state index in [4.69, 9.17) is 4.74 Å². The molecule has 0 aliphatic carbocycles. The van der Waals surface area contributed by atoms with Crippen molar-refractivity contribution >= 4 is 33.3 Å². The summed E-state index contributed by atoms with van der Waals surface area (Å²) < 4.78 is 60.9. The van der Waals surface area contributed by atoms with Crippen LogP contribution in [0.5, 0.6) is 5.75 Å². The molecule has 1 atom stereocenters. The highest BCUT2D eigenvalue weighted by Crippen LogP contribution is 2.32. The third-order valence-corrected chi connectivity index (χ3v) is 8.18. The van der Waals surface area contributed by atoms with E-state index in [1.165, 1.54) is 11.1 Å². The Balaban J connectivity index is 1.47. The topological polar surface area (TPSA) is 100 Å². The molecule has 0 bridgehead atoms. The van der Waals surface area contributed by atoms with Gasteiger partial charge in [-0.3, -0.25) is 4.90 Å². The van der Waals surface area contributed by atoms with Crippen LogP contribution in [0.4, 0.5) is 19.4 Å². The van der Waals surface area contributed by atoms with Gasteiger partial charge in [-0.05, 0) is 25.3 Å². The molecule has 2 aromatic carbocycles. The number of aromatic nitrogens is 1. The van der Waals surface area contributed by atoms with Crippen molar-refractivity contribution < 1.29 is 31.8 Å². The number of piperidine rings is 1. The Morgan fingerprint density at radius 3 is 2.37 bits per heavy atom. The Labute approximate surface area is 205 Å². The first-order valence-electron chi connectivity index (χ1n) is 10.8. The minimum absolute atomic E-state index is 0.158. The lowest BCUT2D eigenvalue weighted by Gasteiger charge is -2.36. The second-order valence-electron chi connectivity index (χ2n) is 8.05. The van der Waals surface area contributed by atoms with Crippen LogP contribution < -0.4 is 9.04 Å². The van der Waals surface area contributed by atoms with E-state index in [2.05, 4.69) is 28.9 Å². The van der Waals surface area contributed by atoms with Gasteiger partial charge in [0.15, 0.2) is 10.7 Å². The normalized spacial score (nSPS) is 16.1. The maximum Gasteiger partial charge on any atom is 0.427 e. The van der Waals surface area contributed by atoms with E-state index in [0.29, 0.717) is 12.8 Å². The summed E-state index contributed by atoms with van der Waals surface area (Å²) in [6.07, 6.45) is -0.999. The molecule has 186 valence electrons. The summed E-state index contributed by atoms with van der Waals surface area (Å²) in [5.41, 5.74) is 2.40. The number of benzene rings is 2. The van der Waals surface area contributed by atoms with Crippen molar-refractivity contribution in [2.75, 3.05) is 17.4 Å². The largest absolute Gasteiger partial charge is 0.490 e. The minimum Gasteiger partial charge on any atom is -0.490 e. The summed E-state index contributed by atoms with van der Waals surface area (Å²) >= 11 is 0.936. The Morgan fingerprint density at radius 1 is 1.20 bits per heavy atom. The third kappa shape index (κ3) is 5.29. The molecule has 0 radical (unpaired) electrons. The lowest BCUT2D eigenvalue weighted by atomic mass is 10.0. The molecule has 3 aromatic rings. The van der Waals surface area contributed by atoms with Crippen LogP contribution in [0, 0.1) is 11.6 Å². The van der Waals surface area contributed by atoms with Crippen molar-refractivity contribution in [1.82, 2.24) is 9.88 Å². The second kappa shape index (κ2) is 10.3. The van der Waals surface area contributed by atoms with Gasteiger partial charge in [-0.1, -0.05) is 30.3 Å². The van der Waals surface area contributed by atoms with E-state index in [9.17, 15) is 27.1 Å². The van der Waals surface area contributed by atoms with Gasteiger partial charge in [0, 0.05) is 36.6 Å². The molecule has 1 N–H and O–H groups in total. The maximum absolute atomic E-state index is 14.8. The SMILES string of the molecule is C[C@H](c1ccccc1)N1CCC(Oc2cc(F)c(S(=O)(=O)N(C(=O)O)c3cscn3)c(F)c2)CC1. The van der Waals surface area contributed by atoms with Gasteiger partial charge in [-0.25, -0.2) is 27.0 Å². The van der Waals surface area contributed by atoms with Crippen molar-refractivity contribution in [2.24, 2.45) is 0 Å². The highest BCUT2D eigenvalue weighted by Gasteiger charge is 2.37. The average Bonchev–Trinajstić information content (AvgIpc) is 3.32. The van der Waals surface area contributed by atoms with Crippen molar-refractivity contribution in [2.45, 2.75) is 36.8 Å². The number of halogens is 2. The number of ether oxygens (including phenoxy) is 1. The Kier molecular flexibility index (Phi) is 7.33. The minimum atomic E-state index is -5.11. The van der Waals surface area contributed by atoms with Gasteiger partial charge >= 0.3 is 6.09 Å². The van der Waals surface area contributed by atoms with E-state index >= 15 is 0 Å². The first kappa shape index (κ1) is 25.0. The van der Waals surface area contributed by atoms with Crippen LogP contribution in [0.2, 0.25) is 0 Å². The van der Waals surface area contributed by atoms with E-state index in [1.54, 1.807) is 0 Å². The predicted molar refractivity (Wildman–Crippen MR) is 126 cm³/mol. The molecule has 35 heavy (non-hydrogen) atoms. The highest BCUT2D eigenvalue weighted by molar-refractivity contribution is 7.93. The van der Waals surface area contributed by atoms with Crippen molar-refractivity contribution in [1.29, 1.82) is 0 Å². The summed E-state index contributed by atoms with van der Waals surface area (Å²) in [6.45, 7) is 3.56. The molecule has 1 aromatic heterocycles. The summed E-state index contributed by atoms with van der Waals surface area (Å²) in [4.78, 5) is 16.1. The number of thiazole rings is 1. The van der Waals surface area contributed by atoms with Crippen LogP contribution in [0.3, 0.4) is 0 Å². The molecule has 1 fully saturated rings. The molecule has 4 rings (SSSR count). The number of hydrogen-bond acceptors (Lipinski definition) is 7. The molecule has 12 heteroatoms. The van der Waals surface area contributed by atoms with E-state index in [-0.39, 0.29) is 22.2 Å². The van der Waals surface area contributed by atoms with Crippen LogP contribution in [-0.4, -0.2) is 48.7 Å². The van der Waals surface area contributed by atoms with E-state index in [1.807, 2.05) is 18.2 Å². The Hall–Kier alpha value is -3.09. The number of anilines is 1. The van der Waals surface area contributed by atoms with E-state index in [0.717, 1.165) is 41.9 Å². The number of amides is 1. The number of likely N-dealkylation sites (tertiary alicyclic amines) is 1. The summed E-state index contributed by atoms with van der Waals surface area (Å²) in [5, 5.41) is 10.5. The molecule has 0 spiro atoms. The van der Waals surface area contributed by atoms with Crippen LogP contribution >= 0.6 is 11.3 Å². The van der Waals surface area contributed by atoms with Gasteiger partial charge in [-0.15, -0.1) is 15.6 Å². The molecular formula is C23H23F2N3O5S2. The fraction of sp³-hybridized carbons (Fsp3) is 0.304. The third-order valence-electron chi connectivity index (χ3n) is 5.88. The molecule has 1 aliphatic heterocycles. The monoisotopic (exact) mass is 523 g/mol. The van der Waals surface area contributed by atoms with Gasteiger partial charge in [0.05, 0.1) is 5.51 Å². The molecule has 0 unspecified atom stereocenters. The lowest BCUT2D eigenvalue weighted by molar-refractivity contribution is 0.0792. The van der Waals surface area contributed by atoms with Crippen molar-refractivity contribution in [3.63, 3.8) is 0 Å². The molecule has 1 aliphatic rings. The highest BCUT2D eigenvalue weighted by atomic mass is 32.2. The number of rotatable bonds is 7. The predicted octanol–water partition coefficient (Wildman–Crippen LogP) is 4.90. The van der Waals surface area contributed by atoms with Crippen molar-refractivity contribution in [3.8, 4) is 5.75 Å². The van der Waals surface area contributed by atoms with Crippen LogP contribution in [-0.2, 0) is 10.0 Å². The van der Waals surface area contributed by atoms with Gasteiger partial charge in [0.2, 0.25) is 0 Å². The van der Waals surface area contributed by atoms with Crippen LogP contribution in [0.25, 0.3) is 0 Å². The number of sulfonamides is 1. The van der Waals surface area contributed by atoms with Crippen LogP contribution in [0.15, 0.2) is 58.3 Å². The number of carboxylic acid groups (broad SMARTS) is 1. The first-order valence-corrected chi connectivity index (χ1v) is 13.2.